The number of nitrogens with zero attached hydrogens (tertiary/aromatic N) is 3. The van der Waals surface area contributed by atoms with E-state index in [2.05, 4.69) is 52.6 Å². The number of hydrogen-bond acceptors (Lipinski definition) is 5. The van der Waals surface area contributed by atoms with E-state index in [4.69, 9.17) is 14.5 Å². The number of methoxy groups -OCH3 is 2. The largest absolute Gasteiger partial charge is 0.497 e. The summed E-state index contributed by atoms with van der Waals surface area (Å²) in [4.78, 5) is 9.78. The summed E-state index contributed by atoms with van der Waals surface area (Å²) in [6.45, 7) is 9.63. The van der Waals surface area contributed by atoms with Gasteiger partial charge in [-0.3, -0.25) is 9.89 Å². The van der Waals surface area contributed by atoms with E-state index in [9.17, 15) is 0 Å². The van der Waals surface area contributed by atoms with Crippen molar-refractivity contribution in [3.05, 3.63) is 29.8 Å². The van der Waals surface area contributed by atoms with E-state index in [-0.39, 0.29) is 6.04 Å². The predicted octanol–water partition coefficient (Wildman–Crippen LogP) is 2.36. The van der Waals surface area contributed by atoms with Crippen molar-refractivity contribution in [2.24, 2.45) is 4.99 Å². The third-order valence-electron chi connectivity index (χ3n) is 5.51. The van der Waals surface area contributed by atoms with Crippen LogP contribution in [0.5, 0.6) is 5.75 Å². The molecule has 1 unspecified atom stereocenters. The minimum atomic E-state index is 0.276. The van der Waals surface area contributed by atoms with E-state index in [1.165, 1.54) is 18.4 Å². The molecule has 0 aliphatic carbocycles. The third-order valence-corrected chi connectivity index (χ3v) is 5.51. The molecule has 0 bridgehead atoms. The molecule has 1 atom stereocenters. The highest BCUT2D eigenvalue weighted by Crippen LogP contribution is 2.27. The predicted molar refractivity (Wildman–Crippen MR) is 125 cm³/mol. The van der Waals surface area contributed by atoms with E-state index >= 15 is 0 Å². The summed E-state index contributed by atoms with van der Waals surface area (Å²) < 4.78 is 10.6. The molecule has 2 N–H and O–H groups in total. The Balaban J connectivity index is 1.95. The number of rotatable bonds is 13. The molecular weight excluding hydrogens is 378 g/mol. The lowest BCUT2D eigenvalue weighted by Crippen LogP contribution is -2.39. The minimum Gasteiger partial charge on any atom is -0.497 e. The summed E-state index contributed by atoms with van der Waals surface area (Å²) in [5, 5.41) is 6.88. The molecule has 170 valence electrons. The van der Waals surface area contributed by atoms with Crippen LogP contribution in [0, 0.1) is 0 Å². The Bertz CT molecular complexity index is 619. The van der Waals surface area contributed by atoms with E-state index in [0.717, 1.165) is 70.6 Å². The van der Waals surface area contributed by atoms with Gasteiger partial charge in [0.05, 0.1) is 26.3 Å². The van der Waals surface area contributed by atoms with Crippen molar-refractivity contribution in [2.45, 2.75) is 32.2 Å². The molecule has 0 radical (unpaired) electrons. The second-order valence-corrected chi connectivity index (χ2v) is 7.83. The van der Waals surface area contributed by atoms with Crippen molar-refractivity contribution in [2.75, 3.05) is 73.7 Å². The van der Waals surface area contributed by atoms with E-state index < -0.39 is 0 Å². The summed E-state index contributed by atoms with van der Waals surface area (Å²) in [7, 11) is 5.60. The zero-order valence-corrected chi connectivity index (χ0v) is 19.3. The number of likely N-dealkylation sites (tertiary alicyclic amines) is 1. The maximum absolute atomic E-state index is 5.45. The maximum Gasteiger partial charge on any atom is 0.191 e. The lowest BCUT2D eigenvalue weighted by Gasteiger charge is -2.27. The van der Waals surface area contributed by atoms with Crippen LogP contribution in [0.4, 0.5) is 0 Å². The first-order valence-corrected chi connectivity index (χ1v) is 11.3. The van der Waals surface area contributed by atoms with Gasteiger partial charge < -0.3 is 25.0 Å². The number of guanidine groups is 1. The Morgan fingerprint density at radius 3 is 2.70 bits per heavy atom. The molecule has 7 nitrogen and oxygen atoms in total. The zero-order chi connectivity index (χ0) is 21.6. The first-order chi connectivity index (χ1) is 14.7. The first-order valence-electron chi connectivity index (χ1n) is 11.3. The number of ether oxygens (including phenoxy) is 2. The monoisotopic (exact) mass is 419 g/mol. The Morgan fingerprint density at radius 1 is 1.20 bits per heavy atom. The highest BCUT2D eigenvalue weighted by Gasteiger charge is 2.23. The summed E-state index contributed by atoms with van der Waals surface area (Å²) in [5.74, 6) is 1.80. The van der Waals surface area contributed by atoms with Gasteiger partial charge in [0.1, 0.15) is 5.75 Å². The van der Waals surface area contributed by atoms with Gasteiger partial charge in [-0.2, -0.15) is 0 Å². The smallest absolute Gasteiger partial charge is 0.191 e. The number of benzene rings is 1. The minimum absolute atomic E-state index is 0.276. The third kappa shape index (κ3) is 8.50. The molecule has 0 saturated carbocycles. The van der Waals surface area contributed by atoms with Crippen molar-refractivity contribution >= 4 is 5.96 Å². The topological polar surface area (TPSA) is 61.4 Å². The fourth-order valence-corrected chi connectivity index (χ4v) is 3.77. The molecule has 30 heavy (non-hydrogen) atoms. The van der Waals surface area contributed by atoms with Crippen LogP contribution >= 0.6 is 0 Å². The van der Waals surface area contributed by atoms with Gasteiger partial charge in [-0.25, -0.2) is 0 Å². The lowest BCUT2D eigenvalue weighted by atomic mass is 10.1. The Morgan fingerprint density at radius 2 is 2.00 bits per heavy atom. The summed E-state index contributed by atoms with van der Waals surface area (Å²) in [5.41, 5.74) is 1.27. The highest BCUT2D eigenvalue weighted by atomic mass is 16.5. The Hall–Kier alpha value is -1.83. The second-order valence-electron chi connectivity index (χ2n) is 7.83. The molecule has 1 aromatic carbocycles. The Labute approximate surface area is 182 Å². The molecule has 2 rings (SSSR count). The van der Waals surface area contributed by atoms with Gasteiger partial charge in [-0.15, -0.1) is 0 Å². The van der Waals surface area contributed by atoms with Crippen molar-refractivity contribution in [1.82, 2.24) is 20.4 Å². The van der Waals surface area contributed by atoms with Gasteiger partial charge in [0.15, 0.2) is 5.96 Å². The second kappa shape index (κ2) is 14.2. The van der Waals surface area contributed by atoms with Gasteiger partial charge in [0.2, 0.25) is 0 Å². The molecule has 0 amide bonds. The number of nitrogens with one attached hydrogen (secondary N) is 2. The molecule has 1 saturated heterocycles. The van der Waals surface area contributed by atoms with Crippen LogP contribution in [-0.2, 0) is 4.74 Å². The fraction of sp³-hybridized carbons (Fsp3) is 0.696. The Kier molecular flexibility index (Phi) is 11.6. The van der Waals surface area contributed by atoms with Gasteiger partial charge in [-0.1, -0.05) is 12.1 Å². The number of aliphatic imine (C=N–C) groups is 1. The average Bonchev–Trinajstić information content (AvgIpc) is 3.30. The van der Waals surface area contributed by atoms with E-state index in [1.54, 1.807) is 14.2 Å². The number of likely N-dealkylation sites (N-methyl/N-ethyl adjacent to an activating group) is 1. The van der Waals surface area contributed by atoms with Crippen molar-refractivity contribution in [3.63, 3.8) is 0 Å². The van der Waals surface area contributed by atoms with Gasteiger partial charge in [0.25, 0.3) is 0 Å². The molecule has 1 aromatic rings. The van der Waals surface area contributed by atoms with Crippen molar-refractivity contribution in [1.29, 1.82) is 0 Å². The SMILES string of the molecule is CCNC(=NCC(c1cccc(OC)c1)N1CCCC1)NCCCN(C)CCOC. The molecule has 1 heterocycles. The van der Waals surface area contributed by atoms with Crippen LogP contribution in [-0.4, -0.2) is 89.4 Å². The number of hydrogen-bond donors (Lipinski definition) is 2. The van der Waals surface area contributed by atoms with Crippen LogP contribution in [0.25, 0.3) is 0 Å². The quantitative estimate of drug-likeness (QED) is 0.291. The molecular formula is C23H41N5O2. The van der Waals surface area contributed by atoms with Crippen LogP contribution in [0.15, 0.2) is 29.3 Å². The maximum atomic E-state index is 5.45. The van der Waals surface area contributed by atoms with Crippen LogP contribution in [0.3, 0.4) is 0 Å². The summed E-state index contributed by atoms with van der Waals surface area (Å²) in [6, 6.07) is 8.69. The van der Waals surface area contributed by atoms with Crippen molar-refractivity contribution < 1.29 is 9.47 Å². The summed E-state index contributed by atoms with van der Waals surface area (Å²) >= 11 is 0. The van der Waals surface area contributed by atoms with E-state index in [0.29, 0.717) is 0 Å². The van der Waals surface area contributed by atoms with Gasteiger partial charge >= 0.3 is 0 Å². The van der Waals surface area contributed by atoms with Crippen LogP contribution < -0.4 is 15.4 Å². The van der Waals surface area contributed by atoms with Gasteiger partial charge in [-0.05, 0) is 70.6 Å². The normalized spacial score (nSPS) is 16.1. The lowest BCUT2D eigenvalue weighted by molar-refractivity contribution is 0.161. The molecule has 0 aromatic heterocycles. The van der Waals surface area contributed by atoms with E-state index in [1.807, 2.05) is 6.07 Å². The molecule has 7 heteroatoms. The average molecular weight is 420 g/mol. The first kappa shape index (κ1) is 24.4. The molecule has 1 aliphatic heterocycles. The standard InChI is InChI=1S/C23H41N5O2/c1-5-24-23(25-12-9-13-27(2)16-17-29-3)26-19-22(28-14-6-7-15-28)20-10-8-11-21(18-20)30-4/h8,10-11,18,22H,5-7,9,12-17,19H2,1-4H3,(H2,24,25,26). The fourth-order valence-electron chi connectivity index (χ4n) is 3.77. The highest BCUT2D eigenvalue weighted by molar-refractivity contribution is 5.79. The van der Waals surface area contributed by atoms with Crippen LogP contribution in [0.1, 0.15) is 37.8 Å². The summed E-state index contributed by atoms with van der Waals surface area (Å²) in [6.07, 6.45) is 3.59. The van der Waals surface area contributed by atoms with Crippen LogP contribution in [0.2, 0.25) is 0 Å². The molecule has 1 aliphatic rings. The molecule has 0 spiro atoms. The van der Waals surface area contributed by atoms with Crippen molar-refractivity contribution in [3.8, 4) is 5.75 Å². The zero-order valence-electron chi connectivity index (χ0n) is 19.3. The van der Waals surface area contributed by atoms with Gasteiger partial charge in [0, 0.05) is 26.7 Å². The molecule has 1 fully saturated rings.